The molecule has 5 heteroatoms. The van der Waals surface area contributed by atoms with Crippen molar-refractivity contribution in [2.75, 3.05) is 17.7 Å². The zero-order valence-electron chi connectivity index (χ0n) is 14.2. The fourth-order valence-corrected chi connectivity index (χ4v) is 2.85. The lowest BCUT2D eigenvalue weighted by Gasteiger charge is -2.20. The van der Waals surface area contributed by atoms with E-state index in [0.29, 0.717) is 11.4 Å². The number of nitrogen functional groups attached to an aromatic ring is 1. The van der Waals surface area contributed by atoms with Crippen LogP contribution in [0.4, 0.5) is 11.4 Å². The molecule has 1 aromatic heterocycles. The monoisotopic (exact) mass is 336 g/mol. The van der Waals surface area contributed by atoms with Gasteiger partial charge in [0.05, 0.1) is 11.4 Å². The van der Waals surface area contributed by atoms with Crippen molar-refractivity contribution >= 4 is 23.2 Å². The van der Waals surface area contributed by atoms with Gasteiger partial charge in [-0.2, -0.15) is 0 Å². The second-order valence-corrected chi connectivity index (χ2v) is 6.16. The van der Waals surface area contributed by atoms with Gasteiger partial charge in [0.25, 0.3) is 0 Å². The highest BCUT2D eigenvalue weighted by Gasteiger charge is 2.15. The molecule has 1 fully saturated rings. The van der Waals surface area contributed by atoms with Gasteiger partial charge in [0.15, 0.2) is 0 Å². The van der Waals surface area contributed by atoms with Crippen LogP contribution in [0.3, 0.4) is 0 Å². The lowest BCUT2D eigenvalue weighted by atomic mass is 10.1. The van der Waals surface area contributed by atoms with Crippen molar-refractivity contribution in [1.82, 2.24) is 4.98 Å². The average molecular weight is 336 g/mol. The third kappa shape index (κ3) is 4.90. The van der Waals surface area contributed by atoms with E-state index >= 15 is 0 Å². The summed E-state index contributed by atoms with van der Waals surface area (Å²) in [6.45, 7) is 0.770. The first-order valence-electron chi connectivity index (χ1n) is 8.68. The number of anilines is 2. The van der Waals surface area contributed by atoms with Crippen LogP contribution in [0.25, 0.3) is 6.08 Å². The van der Waals surface area contributed by atoms with Gasteiger partial charge in [0.2, 0.25) is 0 Å². The number of hydrogen-bond donors (Lipinski definition) is 3. The number of allylic oxidation sites excluding steroid dienone is 1. The zero-order valence-corrected chi connectivity index (χ0v) is 14.2. The van der Waals surface area contributed by atoms with Gasteiger partial charge >= 0.3 is 0 Å². The molecule has 2 heterocycles. The van der Waals surface area contributed by atoms with E-state index in [0.717, 1.165) is 42.8 Å². The molecule has 3 rings (SSSR count). The van der Waals surface area contributed by atoms with Crippen molar-refractivity contribution in [1.29, 1.82) is 5.41 Å². The quantitative estimate of drug-likeness (QED) is 0.567. The average Bonchev–Trinajstić information content (AvgIpc) is 2.89. The summed E-state index contributed by atoms with van der Waals surface area (Å²) in [6, 6.07) is 11.3. The number of nitrogens with two attached hydrogens (primary N) is 1. The lowest BCUT2D eigenvalue weighted by Crippen LogP contribution is -2.23. The maximum absolute atomic E-state index is 8.41. The second kappa shape index (κ2) is 8.44. The van der Waals surface area contributed by atoms with Crippen LogP contribution in [0.5, 0.6) is 0 Å². The molecule has 130 valence electrons. The summed E-state index contributed by atoms with van der Waals surface area (Å²) in [5.74, 6) is 0. The molecule has 1 aromatic carbocycles. The van der Waals surface area contributed by atoms with Gasteiger partial charge in [-0.3, -0.25) is 4.98 Å². The van der Waals surface area contributed by atoms with E-state index < -0.39 is 0 Å². The van der Waals surface area contributed by atoms with Crippen LogP contribution in [0.1, 0.15) is 36.9 Å². The molecular weight excluding hydrogens is 312 g/mol. The van der Waals surface area contributed by atoms with E-state index in [1.807, 2.05) is 42.5 Å². The number of pyridine rings is 1. The third-order valence-electron chi connectivity index (χ3n) is 4.19. The Balaban J connectivity index is 1.78. The Morgan fingerprint density at radius 1 is 1.24 bits per heavy atom. The van der Waals surface area contributed by atoms with Gasteiger partial charge in [-0.1, -0.05) is 12.5 Å². The van der Waals surface area contributed by atoms with E-state index in [9.17, 15) is 0 Å². The number of hydrogen-bond acceptors (Lipinski definition) is 5. The first-order chi connectivity index (χ1) is 12.2. The number of benzene rings is 1. The maximum atomic E-state index is 8.41. The number of ether oxygens (including phenoxy) is 1. The minimum absolute atomic E-state index is 0.0318. The summed E-state index contributed by atoms with van der Waals surface area (Å²) in [4.78, 5) is 4.25. The fraction of sp³-hybridized carbons (Fsp3) is 0.300. The van der Waals surface area contributed by atoms with E-state index in [4.69, 9.17) is 15.9 Å². The normalized spacial score (nSPS) is 18.0. The highest BCUT2D eigenvalue weighted by molar-refractivity contribution is 6.12. The van der Waals surface area contributed by atoms with Gasteiger partial charge in [-0.25, -0.2) is 0 Å². The van der Waals surface area contributed by atoms with Gasteiger partial charge in [0, 0.05) is 29.7 Å². The Labute approximate surface area is 148 Å². The predicted molar refractivity (Wildman–Crippen MR) is 103 cm³/mol. The number of nitrogens with zero attached hydrogens (tertiary/aromatic N) is 1. The van der Waals surface area contributed by atoms with Gasteiger partial charge in [-0.05, 0) is 61.7 Å². The van der Waals surface area contributed by atoms with Crippen LogP contribution >= 0.6 is 0 Å². The number of aromatic nitrogens is 1. The molecule has 0 aliphatic carbocycles. The topological polar surface area (TPSA) is 84.0 Å². The first kappa shape index (κ1) is 17.2. The van der Waals surface area contributed by atoms with E-state index in [1.54, 1.807) is 12.3 Å². The van der Waals surface area contributed by atoms with Gasteiger partial charge < -0.3 is 21.2 Å². The minimum atomic E-state index is -0.0318. The molecule has 1 aliphatic heterocycles. The molecule has 0 spiro atoms. The molecule has 4 N–H and O–H groups in total. The van der Waals surface area contributed by atoms with E-state index in [1.165, 1.54) is 6.42 Å². The molecule has 25 heavy (non-hydrogen) atoms. The summed E-state index contributed by atoms with van der Waals surface area (Å²) in [6.07, 6.45) is 9.71. The van der Waals surface area contributed by atoms with Crippen LogP contribution < -0.4 is 11.1 Å². The van der Waals surface area contributed by atoms with Gasteiger partial charge in [-0.15, -0.1) is 0 Å². The van der Waals surface area contributed by atoms with Crippen molar-refractivity contribution in [3.05, 3.63) is 59.9 Å². The number of nitrogens with one attached hydrogen (secondary N) is 2. The number of rotatable bonds is 5. The van der Waals surface area contributed by atoms with Crippen molar-refractivity contribution in [3.63, 3.8) is 0 Å². The zero-order chi connectivity index (χ0) is 17.5. The summed E-state index contributed by atoms with van der Waals surface area (Å²) >= 11 is 0. The highest BCUT2D eigenvalue weighted by atomic mass is 16.5. The minimum Gasteiger partial charge on any atom is -0.399 e. The van der Waals surface area contributed by atoms with Crippen LogP contribution in [-0.4, -0.2) is 23.5 Å². The van der Waals surface area contributed by atoms with Crippen LogP contribution in [0, 0.1) is 5.41 Å². The Bertz CT molecular complexity index is 735. The van der Waals surface area contributed by atoms with Crippen molar-refractivity contribution in [2.45, 2.75) is 31.9 Å². The molecule has 0 saturated carbocycles. The van der Waals surface area contributed by atoms with Crippen molar-refractivity contribution < 1.29 is 4.74 Å². The fourth-order valence-electron chi connectivity index (χ4n) is 2.85. The van der Waals surface area contributed by atoms with Crippen LogP contribution in [-0.2, 0) is 4.74 Å². The maximum Gasteiger partial charge on any atom is 0.127 e. The molecule has 5 nitrogen and oxygen atoms in total. The van der Waals surface area contributed by atoms with E-state index in [-0.39, 0.29) is 6.23 Å². The molecule has 2 aromatic rings. The molecule has 1 atom stereocenters. The summed E-state index contributed by atoms with van der Waals surface area (Å²) in [7, 11) is 0. The lowest BCUT2D eigenvalue weighted by molar-refractivity contribution is 0.0784. The molecule has 0 bridgehead atoms. The second-order valence-electron chi connectivity index (χ2n) is 6.16. The molecule has 0 radical (unpaired) electrons. The molecule has 0 amide bonds. The van der Waals surface area contributed by atoms with Crippen molar-refractivity contribution in [3.8, 4) is 0 Å². The highest BCUT2D eigenvalue weighted by Crippen LogP contribution is 2.24. The standard InChI is InChI=1S/C20H24N4O/c21-15-8-10-17(18(22)11-9-16-6-3-4-12-23-16)19(14-15)24-20-7-2-1-5-13-25-20/h3-4,6,8-12,14,20,22,24H,1-2,5,7,13,21H2/b11-9+,22-18?. The molecule has 1 unspecified atom stereocenters. The van der Waals surface area contributed by atoms with Gasteiger partial charge in [0.1, 0.15) is 6.23 Å². The summed E-state index contributed by atoms with van der Waals surface area (Å²) < 4.78 is 5.86. The summed E-state index contributed by atoms with van der Waals surface area (Å²) in [5, 5.41) is 11.8. The smallest absolute Gasteiger partial charge is 0.127 e. The SMILES string of the molecule is N=C(/C=C/c1ccccn1)c1ccc(N)cc1NC1CCCCCO1. The Kier molecular flexibility index (Phi) is 5.80. The first-order valence-corrected chi connectivity index (χ1v) is 8.68. The Hall–Kier alpha value is -2.66. The van der Waals surface area contributed by atoms with Crippen molar-refractivity contribution in [2.24, 2.45) is 0 Å². The Morgan fingerprint density at radius 3 is 3.00 bits per heavy atom. The Morgan fingerprint density at radius 2 is 2.16 bits per heavy atom. The molecule has 1 saturated heterocycles. The van der Waals surface area contributed by atoms with E-state index in [2.05, 4.69) is 10.3 Å². The molecule has 1 aliphatic rings. The molecular formula is C20H24N4O. The largest absolute Gasteiger partial charge is 0.399 e. The third-order valence-corrected chi connectivity index (χ3v) is 4.19. The predicted octanol–water partition coefficient (Wildman–Crippen LogP) is 4.07. The summed E-state index contributed by atoms with van der Waals surface area (Å²) in [5.41, 5.74) is 9.48. The van der Waals surface area contributed by atoms with Crippen LogP contribution in [0.2, 0.25) is 0 Å². The van der Waals surface area contributed by atoms with Crippen LogP contribution in [0.15, 0.2) is 48.7 Å².